The minimum Gasteiger partial charge on any atom is -0.0866 e. The lowest BCUT2D eigenvalue weighted by Crippen LogP contribution is -2.39. The van der Waals surface area contributed by atoms with Gasteiger partial charge in [0.2, 0.25) is 0 Å². The molecule has 0 N–H and O–H groups in total. The summed E-state index contributed by atoms with van der Waals surface area (Å²) in [7, 11) is -0.256. The standard InChI is InChI=1S/C31H56P4/c1-8-10-26-34(9-2)31(33(7)30(3,4)5,32(6)27-20-14-11-15-21-27)35(28-22-16-12-17-23-28)29-24-18-13-19-25-29/h11,14-15,20-21,28-29H,8-10,12-13,16-19,22-26H2,1-7H3. The van der Waals surface area contributed by atoms with Crippen molar-refractivity contribution in [2.45, 2.75) is 133 Å². The molecule has 1 aromatic carbocycles. The van der Waals surface area contributed by atoms with Gasteiger partial charge < -0.3 is 0 Å². The van der Waals surface area contributed by atoms with Crippen LogP contribution < -0.4 is 5.30 Å². The Bertz CT molecular complexity index is 699. The third-order valence-corrected chi connectivity index (χ3v) is 29.6. The molecule has 0 aliphatic heterocycles. The van der Waals surface area contributed by atoms with Crippen LogP contribution in [0.5, 0.6) is 0 Å². The molecule has 2 aliphatic rings. The Balaban J connectivity index is 2.28. The van der Waals surface area contributed by atoms with Crippen molar-refractivity contribution in [2.24, 2.45) is 0 Å². The summed E-state index contributed by atoms with van der Waals surface area (Å²) in [6, 6.07) is 12.0. The molecule has 2 aliphatic carbocycles. The van der Waals surface area contributed by atoms with Crippen molar-refractivity contribution in [3.8, 4) is 0 Å². The highest BCUT2D eigenvalue weighted by molar-refractivity contribution is 8.09. The van der Waals surface area contributed by atoms with Crippen molar-refractivity contribution in [1.29, 1.82) is 0 Å². The molecule has 4 atom stereocenters. The van der Waals surface area contributed by atoms with E-state index in [0.717, 1.165) is 11.3 Å². The first kappa shape index (κ1) is 30.5. The fraction of sp³-hybridized carbons (Fsp3) is 0.806. The molecule has 2 fully saturated rings. The maximum absolute atomic E-state index is 2.81. The van der Waals surface area contributed by atoms with Crippen LogP contribution in [-0.4, -0.2) is 46.5 Å². The molecule has 200 valence electrons. The van der Waals surface area contributed by atoms with Crippen LogP contribution in [0.1, 0.15) is 112 Å². The van der Waals surface area contributed by atoms with E-state index in [-0.39, 0.29) is 31.7 Å². The Kier molecular flexibility index (Phi) is 12.5. The average molecular weight is 553 g/mol. The zero-order valence-corrected chi connectivity index (χ0v) is 27.8. The summed E-state index contributed by atoms with van der Waals surface area (Å²) in [5.41, 5.74) is 2.09. The van der Waals surface area contributed by atoms with Gasteiger partial charge in [0.25, 0.3) is 0 Å². The van der Waals surface area contributed by atoms with Crippen molar-refractivity contribution in [3.63, 3.8) is 0 Å². The van der Waals surface area contributed by atoms with Crippen LogP contribution in [0.2, 0.25) is 0 Å². The second-order valence-corrected chi connectivity index (χ2v) is 25.5. The van der Waals surface area contributed by atoms with Gasteiger partial charge in [0, 0.05) is 0 Å². The molecule has 0 bridgehead atoms. The van der Waals surface area contributed by atoms with E-state index in [1.54, 1.807) is 31.0 Å². The first-order valence-corrected chi connectivity index (χ1v) is 21.6. The molecular weight excluding hydrogens is 496 g/mol. The first-order valence-electron chi connectivity index (χ1n) is 14.8. The van der Waals surface area contributed by atoms with E-state index in [9.17, 15) is 0 Å². The molecule has 0 nitrogen and oxygen atoms in total. The number of hydrogen-bond acceptors (Lipinski definition) is 0. The fourth-order valence-corrected chi connectivity index (χ4v) is 32.0. The van der Waals surface area contributed by atoms with Crippen LogP contribution in [0, 0.1) is 0 Å². The Hall–Kier alpha value is 0.940. The van der Waals surface area contributed by atoms with E-state index in [1.165, 1.54) is 63.7 Å². The van der Waals surface area contributed by atoms with Crippen LogP contribution in [0.15, 0.2) is 30.3 Å². The number of unbranched alkanes of at least 4 members (excludes halogenated alkanes) is 1. The van der Waals surface area contributed by atoms with E-state index < -0.39 is 0 Å². The van der Waals surface area contributed by atoms with Gasteiger partial charge in [-0.3, -0.25) is 0 Å². The molecule has 0 radical (unpaired) electrons. The van der Waals surface area contributed by atoms with E-state index in [1.807, 2.05) is 0 Å². The van der Waals surface area contributed by atoms with Crippen molar-refractivity contribution in [2.75, 3.05) is 25.7 Å². The summed E-state index contributed by atoms with van der Waals surface area (Å²) in [5, 5.41) is 2.14. The average Bonchev–Trinajstić information content (AvgIpc) is 2.88. The fourth-order valence-electron chi connectivity index (χ4n) is 6.81. The lowest BCUT2D eigenvalue weighted by molar-refractivity contribution is 0.484. The van der Waals surface area contributed by atoms with Crippen LogP contribution >= 0.6 is 31.7 Å². The van der Waals surface area contributed by atoms with Gasteiger partial charge >= 0.3 is 0 Å². The quantitative estimate of drug-likeness (QED) is 0.240. The van der Waals surface area contributed by atoms with Gasteiger partial charge in [0.15, 0.2) is 0 Å². The highest BCUT2D eigenvalue weighted by atomic mass is 31.3. The summed E-state index contributed by atoms with van der Waals surface area (Å²) in [6.45, 7) is 18.5. The van der Waals surface area contributed by atoms with E-state index >= 15 is 0 Å². The summed E-state index contributed by atoms with van der Waals surface area (Å²) in [4.78, 5) is 0. The third kappa shape index (κ3) is 7.13. The van der Waals surface area contributed by atoms with Gasteiger partial charge in [-0.25, -0.2) is 0 Å². The SMILES string of the molecule is CCCCP(CC)C(P(C)c1ccccc1)(P(C1CCCCC1)C1CCCCC1)P(C)C(C)(C)C. The van der Waals surface area contributed by atoms with Gasteiger partial charge in [-0.05, 0) is 79.5 Å². The smallest absolute Gasteiger partial charge is 0.0536 e. The molecule has 3 rings (SSSR count). The maximum Gasteiger partial charge on any atom is 0.0536 e. The molecule has 4 unspecified atom stereocenters. The van der Waals surface area contributed by atoms with Crippen LogP contribution in [0.3, 0.4) is 0 Å². The predicted molar refractivity (Wildman–Crippen MR) is 172 cm³/mol. The molecule has 4 heteroatoms. The lowest BCUT2D eigenvalue weighted by Gasteiger charge is -2.62. The van der Waals surface area contributed by atoms with Crippen molar-refractivity contribution >= 4 is 37.0 Å². The second-order valence-electron chi connectivity index (χ2n) is 12.1. The largest absolute Gasteiger partial charge is 0.0866 e. The zero-order valence-electron chi connectivity index (χ0n) is 24.2. The van der Waals surface area contributed by atoms with Gasteiger partial charge in [0.1, 0.15) is 0 Å². The molecule has 1 aromatic rings. The highest BCUT2D eigenvalue weighted by Gasteiger charge is 2.58. The minimum atomic E-state index is -0.191. The topological polar surface area (TPSA) is 0 Å². The van der Waals surface area contributed by atoms with E-state index in [2.05, 4.69) is 78.3 Å². The van der Waals surface area contributed by atoms with Gasteiger partial charge in [-0.1, -0.05) is 142 Å². The number of rotatable bonds is 11. The summed E-state index contributed by atoms with van der Waals surface area (Å²) in [6.07, 6.45) is 21.0. The summed E-state index contributed by atoms with van der Waals surface area (Å²) < 4.78 is 0.614. The normalized spacial score (nSPS) is 23.1. The summed E-state index contributed by atoms with van der Waals surface area (Å²) >= 11 is 0. The third-order valence-electron chi connectivity index (χ3n) is 8.92. The monoisotopic (exact) mass is 552 g/mol. The first-order chi connectivity index (χ1) is 16.8. The van der Waals surface area contributed by atoms with Gasteiger partial charge in [-0.2, -0.15) is 0 Å². The van der Waals surface area contributed by atoms with E-state index in [4.69, 9.17) is 0 Å². The van der Waals surface area contributed by atoms with Crippen molar-refractivity contribution < 1.29 is 0 Å². The van der Waals surface area contributed by atoms with Crippen LogP contribution in [0.4, 0.5) is 0 Å². The van der Waals surface area contributed by atoms with Crippen LogP contribution in [0.25, 0.3) is 0 Å². The molecule has 2 saturated carbocycles. The van der Waals surface area contributed by atoms with Crippen LogP contribution in [-0.2, 0) is 0 Å². The second kappa shape index (κ2) is 14.4. The maximum atomic E-state index is 2.81. The molecule has 35 heavy (non-hydrogen) atoms. The van der Waals surface area contributed by atoms with E-state index in [0.29, 0.717) is 9.54 Å². The molecule has 0 amide bonds. The molecule has 0 saturated heterocycles. The lowest BCUT2D eigenvalue weighted by atomic mass is 9.99. The van der Waals surface area contributed by atoms with Gasteiger partial charge in [-0.15, -0.1) is 0 Å². The molecular formula is C31H56P4. The predicted octanol–water partition coefficient (Wildman–Crippen LogP) is 11.4. The minimum absolute atomic E-state index is 0.0133. The number of benzene rings is 1. The highest BCUT2D eigenvalue weighted by Crippen LogP contribution is 2.93. The zero-order chi connectivity index (χ0) is 25.5. The van der Waals surface area contributed by atoms with Crippen molar-refractivity contribution in [3.05, 3.63) is 30.3 Å². The van der Waals surface area contributed by atoms with Gasteiger partial charge in [0.05, 0.1) is 4.38 Å². The van der Waals surface area contributed by atoms with Crippen molar-refractivity contribution in [1.82, 2.24) is 0 Å². The molecule has 0 spiro atoms. The molecule has 0 aromatic heterocycles. The molecule has 0 heterocycles. The Morgan fingerprint density at radius 1 is 0.771 bits per heavy atom. The number of hydrogen-bond donors (Lipinski definition) is 0. The summed E-state index contributed by atoms with van der Waals surface area (Å²) in [5.74, 6) is 0. The Morgan fingerprint density at radius 2 is 1.29 bits per heavy atom. The Morgan fingerprint density at radius 3 is 1.71 bits per heavy atom. The Labute approximate surface area is 225 Å².